The van der Waals surface area contributed by atoms with Crippen LogP contribution in [-0.2, 0) is 6.42 Å². The lowest BCUT2D eigenvalue weighted by molar-refractivity contribution is 0.239. The molecule has 2 aromatic heterocycles. The van der Waals surface area contributed by atoms with E-state index in [0.717, 1.165) is 17.5 Å². The van der Waals surface area contributed by atoms with Crippen LogP contribution in [0.15, 0.2) is 72.4 Å². The van der Waals surface area contributed by atoms with Crippen molar-refractivity contribution in [2.24, 2.45) is 0 Å². The molecule has 0 fully saturated rings. The number of rotatable bonds is 6. The molecule has 5 heteroatoms. The lowest BCUT2D eigenvalue weighted by atomic mass is 10.00. The van der Waals surface area contributed by atoms with Crippen LogP contribution >= 0.6 is 11.3 Å². The van der Waals surface area contributed by atoms with E-state index < -0.39 is 0 Å². The quantitative estimate of drug-likeness (QED) is 0.719. The van der Waals surface area contributed by atoms with Crippen molar-refractivity contribution in [1.82, 2.24) is 15.6 Å². The SMILES string of the molecule is O=C(NCCc1cccs1)N[C@H](c1ccccc1)c1ccncc1. The fraction of sp³-hybridized carbons (Fsp3) is 0.158. The second kappa shape index (κ2) is 8.26. The second-order valence-electron chi connectivity index (χ2n) is 5.35. The molecule has 0 aliphatic heterocycles. The molecule has 2 N–H and O–H groups in total. The van der Waals surface area contributed by atoms with Gasteiger partial charge in [0.2, 0.25) is 0 Å². The van der Waals surface area contributed by atoms with Crippen LogP contribution in [0, 0.1) is 0 Å². The summed E-state index contributed by atoms with van der Waals surface area (Å²) in [7, 11) is 0. The highest BCUT2D eigenvalue weighted by atomic mass is 32.1. The highest BCUT2D eigenvalue weighted by Crippen LogP contribution is 2.21. The van der Waals surface area contributed by atoms with Gasteiger partial charge in [0.1, 0.15) is 0 Å². The van der Waals surface area contributed by atoms with Crippen molar-refractivity contribution in [3.63, 3.8) is 0 Å². The summed E-state index contributed by atoms with van der Waals surface area (Å²) in [4.78, 5) is 17.6. The van der Waals surface area contributed by atoms with E-state index in [9.17, 15) is 4.79 Å². The summed E-state index contributed by atoms with van der Waals surface area (Å²) in [5, 5.41) is 8.03. The third-order valence-electron chi connectivity index (χ3n) is 3.68. The molecule has 0 aliphatic carbocycles. The molecule has 0 unspecified atom stereocenters. The molecule has 1 atom stereocenters. The number of amides is 2. The van der Waals surface area contributed by atoms with E-state index >= 15 is 0 Å². The van der Waals surface area contributed by atoms with E-state index in [4.69, 9.17) is 0 Å². The third kappa shape index (κ3) is 4.43. The minimum Gasteiger partial charge on any atom is -0.338 e. The predicted molar refractivity (Wildman–Crippen MR) is 97.1 cm³/mol. The average molecular weight is 337 g/mol. The van der Waals surface area contributed by atoms with Crippen molar-refractivity contribution in [3.05, 3.63) is 88.4 Å². The molecular weight excluding hydrogens is 318 g/mol. The van der Waals surface area contributed by atoms with Gasteiger partial charge in [0, 0.05) is 23.8 Å². The Labute approximate surface area is 145 Å². The highest BCUT2D eigenvalue weighted by Gasteiger charge is 2.16. The number of urea groups is 1. The maximum atomic E-state index is 12.3. The molecular formula is C19H19N3OS. The van der Waals surface area contributed by atoms with Crippen LogP contribution < -0.4 is 10.6 Å². The summed E-state index contributed by atoms with van der Waals surface area (Å²) in [6, 6.07) is 17.5. The zero-order valence-electron chi connectivity index (χ0n) is 13.2. The van der Waals surface area contributed by atoms with Crippen LogP contribution in [-0.4, -0.2) is 17.6 Å². The topological polar surface area (TPSA) is 54.0 Å². The van der Waals surface area contributed by atoms with Crippen molar-refractivity contribution in [2.45, 2.75) is 12.5 Å². The van der Waals surface area contributed by atoms with Gasteiger partial charge in [-0.05, 0) is 41.1 Å². The lowest BCUT2D eigenvalue weighted by Crippen LogP contribution is -2.39. The number of carbonyl (C=O) groups is 1. The number of carbonyl (C=O) groups excluding carboxylic acids is 1. The molecule has 2 heterocycles. The largest absolute Gasteiger partial charge is 0.338 e. The molecule has 0 saturated heterocycles. The van der Waals surface area contributed by atoms with Crippen molar-refractivity contribution in [3.8, 4) is 0 Å². The number of benzene rings is 1. The van der Waals surface area contributed by atoms with Crippen LogP contribution in [0.25, 0.3) is 0 Å². The normalized spacial score (nSPS) is 11.7. The molecule has 24 heavy (non-hydrogen) atoms. The van der Waals surface area contributed by atoms with Crippen molar-refractivity contribution >= 4 is 17.4 Å². The van der Waals surface area contributed by atoms with E-state index in [0.29, 0.717) is 6.54 Å². The van der Waals surface area contributed by atoms with E-state index in [1.807, 2.05) is 53.9 Å². The fourth-order valence-electron chi connectivity index (χ4n) is 2.50. The van der Waals surface area contributed by atoms with Gasteiger partial charge < -0.3 is 10.6 Å². The van der Waals surface area contributed by atoms with Gasteiger partial charge in [-0.25, -0.2) is 4.79 Å². The Hall–Kier alpha value is -2.66. The van der Waals surface area contributed by atoms with Gasteiger partial charge in [-0.3, -0.25) is 4.98 Å². The Morgan fingerprint density at radius 3 is 2.46 bits per heavy atom. The molecule has 2 amide bonds. The van der Waals surface area contributed by atoms with Gasteiger partial charge in [0.25, 0.3) is 0 Å². The van der Waals surface area contributed by atoms with E-state index in [1.165, 1.54) is 4.88 Å². The molecule has 3 rings (SSSR count). The number of hydrogen-bond acceptors (Lipinski definition) is 3. The summed E-state index contributed by atoms with van der Waals surface area (Å²) in [5.74, 6) is 0. The van der Waals surface area contributed by atoms with Gasteiger partial charge in [0.15, 0.2) is 0 Å². The smallest absolute Gasteiger partial charge is 0.315 e. The van der Waals surface area contributed by atoms with Gasteiger partial charge in [-0.1, -0.05) is 36.4 Å². The zero-order valence-corrected chi connectivity index (χ0v) is 14.0. The molecule has 0 spiro atoms. The first kappa shape index (κ1) is 16.2. The summed E-state index contributed by atoms with van der Waals surface area (Å²) >= 11 is 1.70. The summed E-state index contributed by atoms with van der Waals surface area (Å²) in [6.07, 6.45) is 4.32. The van der Waals surface area contributed by atoms with Crippen LogP contribution in [0.2, 0.25) is 0 Å². The molecule has 0 bridgehead atoms. The fourth-order valence-corrected chi connectivity index (χ4v) is 3.21. The first-order valence-electron chi connectivity index (χ1n) is 7.84. The van der Waals surface area contributed by atoms with Crippen LogP contribution in [0.5, 0.6) is 0 Å². The number of pyridine rings is 1. The molecule has 0 aliphatic rings. The molecule has 4 nitrogen and oxygen atoms in total. The Balaban J connectivity index is 1.64. The number of hydrogen-bond donors (Lipinski definition) is 2. The van der Waals surface area contributed by atoms with Gasteiger partial charge in [-0.2, -0.15) is 0 Å². The van der Waals surface area contributed by atoms with Crippen molar-refractivity contribution in [2.75, 3.05) is 6.54 Å². The average Bonchev–Trinajstić information content (AvgIpc) is 3.15. The maximum absolute atomic E-state index is 12.3. The minimum atomic E-state index is -0.198. The molecule has 122 valence electrons. The Morgan fingerprint density at radius 2 is 1.75 bits per heavy atom. The van der Waals surface area contributed by atoms with E-state index in [2.05, 4.69) is 21.7 Å². The standard InChI is InChI=1S/C19H19N3OS/c23-19(21-13-10-17-7-4-14-24-17)22-18(15-5-2-1-3-6-15)16-8-11-20-12-9-16/h1-9,11-12,14,18H,10,13H2,(H2,21,22,23)/t18-/m1/s1. The zero-order chi connectivity index (χ0) is 16.6. The molecule has 1 aromatic carbocycles. The lowest BCUT2D eigenvalue weighted by Gasteiger charge is -2.20. The Morgan fingerprint density at radius 1 is 1.00 bits per heavy atom. The first-order chi connectivity index (χ1) is 11.8. The molecule has 0 radical (unpaired) electrons. The van der Waals surface area contributed by atoms with Crippen LogP contribution in [0.4, 0.5) is 4.79 Å². The second-order valence-corrected chi connectivity index (χ2v) is 6.39. The maximum Gasteiger partial charge on any atom is 0.315 e. The number of nitrogens with one attached hydrogen (secondary N) is 2. The molecule has 0 saturated carbocycles. The highest BCUT2D eigenvalue weighted by molar-refractivity contribution is 7.09. The first-order valence-corrected chi connectivity index (χ1v) is 8.72. The molecule has 3 aromatic rings. The summed E-state index contributed by atoms with van der Waals surface area (Å²) in [5.41, 5.74) is 2.04. The number of aromatic nitrogens is 1. The number of thiophene rings is 1. The van der Waals surface area contributed by atoms with E-state index in [-0.39, 0.29) is 12.1 Å². The third-order valence-corrected chi connectivity index (χ3v) is 4.62. The van der Waals surface area contributed by atoms with Crippen LogP contribution in [0.3, 0.4) is 0 Å². The summed E-state index contributed by atoms with van der Waals surface area (Å²) in [6.45, 7) is 0.615. The monoisotopic (exact) mass is 337 g/mol. The Kier molecular flexibility index (Phi) is 5.58. The van der Waals surface area contributed by atoms with Crippen molar-refractivity contribution < 1.29 is 4.79 Å². The summed E-state index contributed by atoms with van der Waals surface area (Å²) < 4.78 is 0. The number of nitrogens with zero attached hydrogens (tertiary/aromatic N) is 1. The van der Waals surface area contributed by atoms with Gasteiger partial charge >= 0.3 is 6.03 Å². The van der Waals surface area contributed by atoms with Gasteiger partial charge in [0.05, 0.1) is 6.04 Å². The predicted octanol–water partition coefficient (Wildman–Crippen LogP) is 3.77. The van der Waals surface area contributed by atoms with Crippen LogP contribution in [0.1, 0.15) is 22.0 Å². The minimum absolute atomic E-state index is 0.169. The van der Waals surface area contributed by atoms with E-state index in [1.54, 1.807) is 23.7 Å². The Bertz CT molecular complexity index is 705. The van der Waals surface area contributed by atoms with Gasteiger partial charge in [-0.15, -0.1) is 11.3 Å². The van der Waals surface area contributed by atoms with Crippen molar-refractivity contribution in [1.29, 1.82) is 0 Å².